The monoisotopic (exact) mass is 197 g/mol. The Morgan fingerprint density at radius 2 is 2.46 bits per heavy atom. The molecule has 1 aliphatic rings. The van der Waals surface area contributed by atoms with Gasteiger partial charge in [0.15, 0.2) is 16.8 Å². The molecule has 1 atom stereocenters. The highest BCUT2D eigenvalue weighted by Crippen LogP contribution is 2.25. The van der Waals surface area contributed by atoms with Gasteiger partial charge in [0.2, 0.25) is 0 Å². The summed E-state index contributed by atoms with van der Waals surface area (Å²) in [5.41, 5.74) is 0. The molecule has 4 nitrogen and oxygen atoms in total. The van der Waals surface area contributed by atoms with Crippen LogP contribution in [-0.2, 0) is 16.0 Å². The highest BCUT2D eigenvalue weighted by molar-refractivity contribution is 8.15. The molecule has 0 N–H and O–H groups in total. The van der Waals surface area contributed by atoms with E-state index in [-0.39, 0.29) is 10.9 Å². The van der Waals surface area contributed by atoms with Gasteiger partial charge in [-0.25, -0.2) is 4.98 Å². The molecule has 0 bridgehead atoms. The molecule has 1 aromatic rings. The molecule has 0 aromatic carbocycles. The Bertz CT molecular complexity index is 317. The van der Waals surface area contributed by atoms with Crippen molar-refractivity contribution in [3.63, 3.8) is 0 Å². The van der Waals surface area contributed by atoms with E-state index >= 15 is 0 Å². The second-order valence-electron chi connectivity index (χ2n) is 2.76. The predicted molar refractivity (Wildman–Crippen MR) is 46.2 cm³/mol. The quantitative estimate of drug-likeness (QED) is 0.652. The Morgan fingerprint density at radius 1 is 1.62 bits per heavy atom. The first-order valence-electron chi connectivity index (χ1n) is 3.85. The number of oxazole rings is 1. The van der Waals surface area contributed by atoms with Crippen LogP contribution in [-0.4, -0.2) is 21.6 Å². The van der Waals surface area contributed by atoms with Crippen LogP contribution >= 0.6 is 11.8 Å². The van der Waals surface area contributed by atoms with Crippen molar-refractivity contribution in [2.75, 3.05) is 5.75 Å². The Morgan fingerprint density at radius 3 is 3.00 bits per heavy atom. The van der Waals surface area contributed by atoms with E-state index in [0.717, 1.165) is 11.8 Å². The van der Waals surface area contributed by atoms with Crippen LogP contribution in [0, 0.1) is 5.92 Å². The van der Waals surface area contributed by atoms with Crippen LogP contribution in [0.5, 0.6) is 0 Å². The zero-order chi connectivity index (χ0) is 9.26. The minimum absolute atomic E-state index is 0.0202. The van der Waals surface area contributed by atoms with Crippen molar-refractivity contribution in [1.29, 1.82) is 0 Å². The summed E-state index contributed by atoms with van der Waals surface area (Å²) in [7, 11) is 0. The molecule has 1 saturated heterocycles. The summed E-state index contributed by atoms with van der Waals surface area (Å²) in [6, 6.07) is 0. The maximum Gasteiger partial charge on any atom is 0.200 e. The van der Waals surface area contributed by atoms with Crippen molar-refractivity contribution in [3.8, 4) is 0 Å². The number of carbonyl (C=O) groups is 2. The van der Waals surface area contributed by atoms with Crippen molar-refractivity contribution in [1.82, 2.24) is 4.98 Å². The summed E-state index contributed by atoms with van der Waals surface area (Å²) in [4.78, 5) is 26.3. The van der Waals surface area contributed by atoms with Gasteiger partial charge in [0.25, 0.3) is 0 Å². The van der Waals surface area contributed by atoms with Crippen molar-refractivity contribution in [3.05, 3.63) is 18.4 Å². The lowest BCUT2D eigenvalue weighted by molar-refractivity contribution is -0.125. The number of nitrogens with zero attached hydrogens (tertiary/aromatic N) is 1. The summed E-state index contributed by atoms with van der Waals surface area (Å²) < 4.78 is 4.97. The van der Waals surface area contributed by atoms with Crippen LogP contribution in [0.3, 0.4) is 0 Å². The van der Waals surface area contributed by atoms with Crippen LogP contribution in [0.2, 0.25) is 0 Å². The van der Waals surface area contributed by atoms with Gasteiger partial charge in [-0.2, -0.15) is 0 Å². The molecule has 5 heteroatoms. The maximum absolute atomic E-state index is 11.2. The number of rotatable bonds is 2. The Balaban J connectivity index is 2.09. The molecule has 2 rings (SSSR count). The highest BCUT2D eigenvalue weighted by Gasteiger charge is 2.34. The average Bonchev–Trinajstić information content (AvgIpc) is 2.70. The van der Waals surface area contributed by atoms with Gasteiger partial charge < -0.3 is 4.42 Å². The molecule has 0 saturated carbocycles. The van der Waals surface area contributed by atoms with Gasteiger partial charge in [0.05, 0.1) is 17.9 Å². The van der Waals surface area contributed by atoms with E-state index in [1.54, 1.807) is 0 Å². The second-order valence-corrected chi connectivity index (χ2v) is 3.74. The molecule has 1 unspecified atom stereocenters. The van der Waals surface area contributed by atoms with E-state index in [0.29, 0.717) is 18.1 Å². The first-order valence-corrected chi connectivity index (χ1v) is 4.83. The lowest BCUT2D eigenvalue weighted by atomic mass is 10.0. The zero-order valence-corrected chi connectivity index (χ0v) is 7.54. The molecule has 2 heterocycles. The summed E-state index contributed by atoms with van der Waals surface area (Å²) in [6.07, 6.45) is 3.25. The van der Waals surface area contributed by atoms with Gasteiger partial charge in [0.1, 0.15) is 6.26 Å². The molecule has 0 amide bonds. The number of hydrogen-bond acceptors (Lipinski definition) is 5. The summed E-state index contributed by atoms with van der Waals surface area (Å²) in [5, 5.41) is -0.0665. The van der Waals surface area contributed by atoms with E-state index in [1.165, 1.54) is 12.5 Å². The number of hydrogen-bond donors (Lipinski definition) is 0. The molecule has 0 aliphatic carbocycles. The van der Waals surface area contributed by atoms with E-state index in [9.17, 15) is 9.59 Å². The minimum atomic E-state index is -0.538. The van der Waals surface area contributed by atoms with Crippen LogP contribution < -0.4 is 0 Å². The number of thioether (sulfide) groups is 1. The Hall–Kier alpha value is -1.10. The fourth-order valence-electron chi connectivity index (χ4n) is 1.20. The van der Waals surface area contributed by atoms with Crippen molar-refractivity contribution < 1.29 is 14.0 Å². The van der Waals surface area contributed by atoms with Crippen LogP contribution in [0.15, 0.2) is 16.9 Å². The van der Waals surface area contributed by atoms with Gasteiger partial charge in [-0.15, -0.1) is 0 Å². The molecule has 1 aliphatic heterocycles. The molecule has 68 valence electrons. The average molecular weight is 197 g/mol. The van der Waals surface area contributed by atoms with Gasteiger partial charge in [-0.3, -0.25) is 9.59 Å². The first kappa shape index (κ1) is 8.50. The molecular formula is C8H7NO3S. The molecule has 1 fully saturated rings. The molecule has 13 heavy (non-hydrogen) atoms. The number of ketones is 1. The maximum atomic E-state index is 11.2. The van der Waals surface area contributed by atoms with Crippen molar-refractivity contribution in [2.45, 2.75) is 6.42 Å². The third-order valence-corrected chi connectivity index (χ3v) is 2.89. The van der Waals surface area contributed by atoms with Gasteiger partial charge >= 0.3 is 0 Å². The number of carbonyl (C=O) groups excluding carboxylic acids is 2. The van der Waals surface area contributed by atoms with Crippen LogP contribution in [0.25, 0.3) is 0 Å². The highest BCUT2D eigenvalue weighted by atomic mass is 32.2. The molecule has 0 radical (unpaired) electrons. The van der Waals surface area contributed by atoms with Crippen LogP contribution in [0.1, 0.15) is 5.89 Å². The lowest BCUT2D eigenvalue weighted by Crippen LogP contribution is -2.17. The minimum Gasteiger partial charge on any atom is -0.449 e. The Kier molecular flexibility index (Phi) is 2.18. The van der Waals surface area contributed by atoms with Crippen molar-refractivity contribution in [2.24, 2.45) is 5.92 Å². The lowest BCUT2D eigenvalue weighted by Gasteiger charge is -2.00. The second kappa shape index (κ2) is 3.33. The predicted octanol–water partition coefficient (Wildman–Crippen LogP) is 0.676. The van der Waals surface area contributed by atoms with E-state index in [4.69, 9.17) is 4.42 Å². The summed E-state index contributed by atoms with van der Waals surface area (Å²) >= 11 is 1.08. The fourth-order valence-corrected chi connectivity index (χ4v) is 2.10. The van der Waals surface area contributed by atoms with Crippen molar-refractivity contribution >= 4 is 22.7 Å². The standard InChI is InChI=1S/C8H7NO3S/c10-6-4-13-8(11)5(6)3-7-9-1-2-12-7/h1-2,5H,3-4H2. The van der Waals surface area contributed by atoms with Gasteiger partial charge in [-0.05, 0) is 0 Å². The first-order chi connectivity index (χ1) is 6.27. The number of Topliss-reactive ketones (excluding diaryl/α,β-unsaturated/α-hetero) is 1. The van der Waals surface area contributed by atoms with Gasteiger partial charge in [-0.1, -0.05) is 11.8 Å². The molecule has 0 spiro atoms. The van der Waals surface area contributed by atoms with Crippen LogP contribution in [0.4, 0.5) is 0 Å². The van der Waals surface area contributed by atoms with Gasteiger partial charge in [0, 0.05) is 6.42 Å². The third-order valence-electron chi connectivity index (χ3n) is 1.89. The van der Waals surface area contributed by atoms with E-state index in [2.05, 4.69) is 4.98 Å². The smallest absolute Gasteiger partial charge is 0.200 e. The zero-order valence-electron chi connectivity index (χ0n) is 6.73. The largest absolute Gasteiger partial charge is 0.449 e. The van der Waals surface area contributed by atoms with E-state index < -0.39 is 5.92 Å². The summed E-state index contributed by atoms with van der Waals surface area (Å²) in [6.45, 7) is 0. The normalized spacial score (nSPS) is 22.6. The topological polar surface area (TPSA) is 60.2 Å². The van der Waals surface area contributed by atoms with E-state index in [1.807, 2.05) is 0 Å². The molecular weight excluding hydrogens is 190 g/mol. The summed E-state index contributed by atoms with van der Waals surface area (Å²) in [5.74, 6) is 0.190. The fraction of sp³-hybridized carbons (Fsp3) is 0.375. The molecule has 1 aromatic heterocycles. The SMILES string of the molecule is O=C1CSC(=O)C1Cc1ncco1. The third kappa shape index (κ3) is 1.65. The number of aromatic nitrogens is 1. The Labute approximate surface area is 78.7 Å².